The van der Waals surface area contributed by atoms with Gasteiger partial charge in [0, 0.05) is 11.8 Å². The van der Waals surface area contributed by atoms with Crippen molar-refractivity contribution in [2.24, 2.45) is 5.41 Å². The Morgan fingerprint density at radius 2 is 1.90 bits per heavy atom. The van der Waals surface area contributed by atoms with Crippen LogP contribution < -0.4 is 4.74 Å². The lowest BCUT2D eigenvalue weighted by molar-refractivity contribution is -0.146. The highest BCUT2D eigenvalue weighted by atomic mass is 32.2. The highest BCUT2D eigenvalue weighted by Gasteiger charge is 2.32. The van der Waals surface area contributed by atoms with E-state index in [1.165, 1.54) is 13.8 Å². The van der Waals surface area contributed by atoms with Crippen LogP contribution in [0.2, 0.25) is 0 Å². The van der Waals surface area contributed by atoms with E-state index in [-0.39, 0.29) is 12.0 Å². The van der Waals surface area contributed by atoms with Gasteiger partial charge in [0.05, 0.1) is 12.5 Å². The first-order valence-corrected chi connectivity index (χ1v) is 7.79. The van der Waals surface area contributed by atoms with E-state index < -0.39 is 43.5 Å². The van der Waals surface area contributed by atoms with Crippen molar-refractivity contribution < 1.29 is 31.8 Å². The number of ether oxygens (including phenoxy) is 1. The molecule has 1 aromatic rings. The fourth-order valence-electron chi connectivity index (χ4n) is 1.88. The lowest BCUT2D eigenvalue weighted by Crippen LogP contribution is -2.26. The average Bonchev–Trinajstić information content (AvgIpc) is 2.25. The number of halogens is 2. The quantitative estimate of drug-likeness (QED) is 0.897. The van der Waals surface area contributed by atoms with Crippen LogP contribution in [-0.4, -0.2) is 32.9 Å². The van der Waals surface area contributed by atoms with Crippen LogP contribution in [0.4, 0.5) is 8.78 Å². The first-order valence-electron chi connectivity index (χ1n) is 5.90. The zero-order chi connectivity index (χ0) is 16.6. The van der Waals surface area contributed by atoms with Crippen molar-refractivity contribution in [1.29, 1.82) is 0 Å². The molecule has 0 amide bonds. The third-order valence-electron chi connectivity index (χ3n) is 2.99. The maximum atomic E-state index is 14.2. The SMILES string of the molecule is COc1c(CC(C)(C)C(=O)O)cc(F)c(S(C)(=O)=O)c1F. The van der Waals surface area contributed by atoms with Gasteiger partial charge in [0.15, 0.2) is 21.4 Å². The molecule has 0 aliphatic heterocycles. The number of methoxy groups -OCH3 is 1. The summed E-state index contributed by atoms with van der Waals surface area (Å²) in [6.07, 6.45) is 0.457. The van der Waals surface area contributed by atoms with Gasteiger partial charge in [0.1, 0.15) is 10.7 Å². The number of aliphatic carboxylic acids is 1. The molecule has 5 nitrogen and oxygen atoms in total. The van der Waals surface area contributed by atoms with Crippen LogP contribution in [0.15, 0.2) is 11.0 Å². The normalized spacial score (nSPS) is 12.3. The first kappa shape index (κ1) is 17.4. The second-order valence-electron chi connectivity index (χ2n) is 5.33. The van der Waals surface area contributed by atoms with E-state index in [1.54, 1.807) is 0 Å². The molecule has 118 valence electrons. The zero-order valence-corrected chi connectivity index (χ0v) is 12.8. The molecule has 0 atom stereocenters. The topological polar surface area (TPSA) is 80.7 Å². The average molecular weight is 322 g/mol. The van der Waals surface area contributed by atoms with E-state index in [0.717, 1.165) is 13.2 Å². The Labute approximate surface area is 121 Å². The fourth-order valence-corrected chi connectivity index (χ4v) is 2.71. The van der Waals surface area contributed by atoms with Crippen molar-refractivity contribution in [2.75, 3.05) is 13.4 Å². The van der Waals surface area contributed by atoms with E-state index in [9.17, 15) is 22.0 Å². The van der Waals surface area contributed by atoms with Gasteiger partial charge in [0.2, 0.25) is 0 Å². The molecule has 0 aliphatic carbocycles. The van der Waals surface area contributed by atoms with Crippen LogP contribution >= 0.6 is 0 Å². The molecule has 0 saturated carbocycles. The molecule has 21 heavy (non-hydrogen) atoms. The highest BCUT2D eigenvalue weighted by molar-refractivity contribution is 7.90. The van der Waals surface area contributed by atoms with Gasteiger partial charge in [-0.2, -0.15) is 0 Å². The van der Waals surface area contributed by atoms with Gasteiger partial charge in [-0.25, -0.2) is 17.2 Å². The number of hydrogen-bond acceptors (Lipinski definition) is 4. The number of rotatable bonds is 5. The van der Waals surface area contributed by atoms with Gasteiger partial charge in [0.25, 0.3) is 0 Å². The monoisotopic (exact) mass is 322 g/mol. The van der Waals surface area contributed by atoms with Crippen molar-refractivity contribution in [3.8, 4) is 5.75 Å². The van der Waals surface area contributed by atoms with Crippen molar-refractivity contribution >= 4 is 15.8 Å². The van der Waals surface area contributed by atoms with Crippen LogP contribution in [0, 0.1) is 17.0 Å². The zero-order valence-electron chi connectivity index (χ0n) is 12.0. The van der Waals surface area contributed by atoms with E-state index in [0.29, 0.717) is 6.26 Å². The number of carboxylic acid groups (broad SMARTS) is 1. The second-order valence-corrected chi connectivity index (χ2v) is 7.28. The number of carbonyl (C=O) groups is 1. The smallest absolute Gasteiger partial charge is 0.309 e. The van der Waals surface area contributed by atoms with Gasteiger partial charge >= 0.3 is 5.97 Å². The third-order valence-corrected chi connectivity index (χ3v) is 4.11. The van der Waals surface area contributed by atoms with Gasteiger partial charge in [-0.1, -0.05) is 0 Å². The number of benzene rings is 1. The minimum atomic E-state index is -4.12. The molecule has 1 N–H and O–H groups in total. The molecule has 1 aromatic carbocycles. The lowest BCUT2D eigenvalue weighted by Gasteiger charge is -2.21. The molecule has 0 aromatic heterocycles. The van der Waals surface area contributed by atoms with Crippen LogP contribution in [0.3, 0.4) is 0 Å². The van der Waals surface area contributed by atoms with E-state index in [2.05, 4.69) is 0 Å². The molecular weight excluding hydrogens is 306 g/mol. The molecule has 0 unspecified atom stereocenters. The standard InChI is InChI=1S/C13H16F2O5S/c1-13(2,12(16)17)6-7-5-8(14)11(21(4,18)19)9(15)10(7)20-3/h5H,6H2,1-4H3,(H,16,17). The second kappa shape index (κ2) is 5.59. The van der Waals surface area contributed by atoms with E-state index >= 15 is 0 Å². The molecular formula is C13H16F2O5S. The van der Waals surface area contributed by atoms with Gasteiger partial charge in [-0.15, -0.1) is 0 Å². The summed E-state index contributed by atoms with van der Waals surface area (Å²) in [5.41, 5.74) is -1.34. The Balaban J connectivity index is 3.55. The maximum Gasteiger partial charge on any atom is 0.309 e. The van der Waals surface area contributed by atoms with Gasteiger partial charge in [-0.3, -0.25) is 4.79 Å². The van der Waals surface area contributed by atoms with Crippen LogP contribution in [0.5, 0.6) is 5.75 Å². The predicted octanol–water partition coefficient (Wildman–Crippen LogP) is 2.03. The summed E-state index contributed by atoms with van der Waals surface area (Å²) in [4.78, 5) is 10.0. The van der Waals surface area contributed by atoms with Crippen molar-refractivity contribution in [3.05, 3.63) is 23.3 Å². The predicted molar refractivity (Wildman–Crippen MR) is 71.1 cm³/mol. The third kappa shape index (κ3) is 3.49. The summed E-state index contributed by atoms with van der Waals surface area (Å²) in [7, 11) is -3.02. The largest absolute Gasteiger partial charge is 0.493 e. The Bertz CT molecular complexity index is 680. The molecule has 0 spiro atoms. The van der Waals surface area contributed by atoms with Gasteiger partial charge < -0.3 is 9.84 Å². The molecule has 0 bridgehead atoms. The van der Waals surface area contributed by atoms with E-state index in [4.69, 9.17) is 9.84 Å². The summed E-state index contributed by atoms with van der Waals surface area (Å²) in [6.45, 7) is 2.77. The Morgan fingerprint density at radius 1 is 1.38 bits per heavy atom. The Hall–Kier alpha value is -1.70. The van der Waals surface area contributed by atoms with E-state index in [1.807, 2.05) is 0 Å². The fraction of sp³-hybridized carbons (Fsp3) is 0.462. The lowest BCUT2D eigenvalue weighted by atomic mass is 9.85. The molecule has 0 fully saturated rings. The highest BCUT2D eigenvalue weighted by Crippen LogP contribution is 2.35. The van der Waals surface area contributed by atoms with Crippen molar-refractivity contribution in [1.82, 2.24) is 0 Å². The van der Waals surface area contributed by atoms with Crippen molar-refractivity contribution in [2.45, 2.75) is 25.2 Å². The first-order chi connectivity index (χ1) is 9.41. The summed E-state index contributed by atoms with van der Waals surface area (Å²) >= 11 is 0. The molecule has 0 aliphatic rings. The maximum absolute atomic E-state index is 14.2. The molecule has 8 heteroatoms. The summed E-state index contributed by atoms with van der Waals surface area (Å²) in [5, 5.41) is 9.06. The Kier molecular flexibility index (Phi) is 4.62. The van der Waals surface area contributed by atoms with Crippen molar-refractivity contribution in [3.63, 3.8) is 0 Å². The minimum absolute atomic E-state index is 0.0488. The van der Waals surface area contributed by atoms with Crippen LogP contribution in [0.25, 0.3) is 0 Å². The summed E-state index contributed by atoms with van der Waals surface area (Å²) in [6, 6.07) is 0.795. The number of carboxylic acids is 1. The van der Waals surface area contributed by atoms with Crippen LogP contribution in [0.1, 0.15) is 19.4 Å². The molecule has 0 saturated heterocycles. The molecule has 1 rings (SSSR count). The molecule has 0 radical (unpaired) electrons. The van der Waals surface area contributed by atoms with Gasteiger partial charge in [-0.05, 0) is 26.3 Å². The summed E-state index contributed by atoms with van der Waals surface area (Å²) < 4.78 is 55.7. The Morgan fingerprint density at radius 3 is 2.29 bits per heavy atom. The van der Waals surface area contributed by atoms with Crippen LogP contribution in [-0.2, 0) is 21.1 Å². The molecule has 0 heterocycles. The number of sulfone groups is 1. The number of hydrogen-bond donors (Lipinski definition) is 1. The minimum Gasteiger partial charge on any atom is -0.493 e. The summed E-state index contributed by atoms with van der Waals surface area (Å²) in [5.74, 6) is -4.24.